The monoisotopic (exact) mass is 394 g/mol. The van der Waals surface area contributed by atoms with E-state index in [4.69, 9.17) is 14.6 Å². The number of nitrogens with one attached hydrogen (secondary N) is 2. The molecule has 0 aliphatic heterocycles. The Bertz CT molecular complexity index is 890. The summed E-state index contributed by atoms with van der Waals surface area (Å²) in [5.74, 6) is 0.727. The van der Waals surface area contributed by atoms with Crippen LogP contribution in [0.1, 0.15) is 11.1 Å². The maximum absolute atomic E-state index is 12.5. The van der Waals surface area contributed by atoms with E-state index in [1.165, 1.54) is 12.1 Å². The van der Waals surface area contributed by atoms with E-state index in [9.17, 15) is 13.2 Å². The summed E-state index contributed by atoms with van der Waals surface area (Å²) >= 11 is 0. The molecule has 0 fully saturated rings. The number of carbonyl (C=O) groups is 1. The Balaban J connectivity index is 0.000000640. The first kappa shape index (κ1) is 21.3. The molecule has 0 saturated carbocycles. The van der Waals surface area contributed by atoms with Crippen LogP contribution in [0.3, 0.4) is 0 Å². The number of aromatic amines is 1. The number of aliphatic hydroxyl groups is 1. The van der Waals surface area contributed by atoms with Crippen LogP contribution in [0.5, 0.6) is 5.75 Å². The largest absolute Gasteiger partial charge is 0.493 e. The molecule has 5 nitrogen and oxygen atoms in total. The number of rotatable bonds is 6. The third-order valence-corrected chi connectivity index (χ3v) is 3.94. The Morgan fingerprint density at radius 3 is 2.43 bits per heavy atom. The number of benzene rings is 2. The fraction of sp³-hybridized carbons (Fsp3) is 0.250. The number of halogens is 3. The number of alkyl halides is 3. The number of fused-ring (bicyclic) bond motifs is 1. The number of carbonyl (C=O) groups excluding carboxylic acids is 1. The summed E-state index contributed by atoms with van der Waals surface area (Å²) in [4.78, 5) is 12.1. The van der Waals surface area contributed by atoms with Gasteiger partial charge in [0.15, 0.2) is 0 Å². The highest BCUT2D eigenvalue weighted by molar-refractivity contribution is 5.93. The number of hydrogen-bond acceptors (Lipinski definition) is 4. The van der Waals surface area contributed by atoms with Crippen molar-refractivity contribution in [2.24, 2.45) is 0 Å². The van der Waals surface area contributed by atoms with Gasteiger partial charge >= 0.3 is 6.18 Å². The van der Waals surface area contributed by atoms with Gasteiger partial charge in [0.1, 0.15) is 12.0 Å². The van der Waals surface area contributed by atoms with Crippen LogP contribution < -0.4 is 10.1 Å². The second-order valence-corrected chi connectivity index (χ2v) is 5.80. The smallest absolute Gasteiger partial charge is 0.416 e. The van der Waals surface area contributed by atoms with Gasteiger partial charge in [-0.2, -0.15) is 13.2 Å². The van der Waals surface area contributed by atoms with E-state index in [0.717, 1.165) is 40.0 Å². The van der Waals surface area contributed by atoms with Crippen molar-refractivity contribution in [3.8, 4) is 5.75 Å². The molecule has 0 radical (unpaired) electrons. The van der Waals surface area contributed by atoms with Gasteiger partial charge < -0.3 is 24.9 Å². The predicted octanol–water partition coefficient (Wildman–Crippen LogP) is 4.03. The molecular weight excluding hydrogens is 373 g/mol. The summed E-state index contributed by atoms with van der Waals surface area (Å²) < 4.78 is 43.3. The summed E-state index contributed by atoms with van der Waals surface area (Å²) in [6.45, 7) is 0.0379. The maximum Gasteiger partial charge on any atom is 0.416 e. The molecule has 0 atom stereocenters. The van der Waals surface area contributed by atoms with E-state index >= 15 is 0 Å². The van der Waals surface area contributed by atoms with Gasteiger partial charge in [-0.3, -0.25) is 0 Å². The van der Waals surface area contributed by atoms with Gasteiger partial charge in [-0.15, -0.1) is 0 Å². The van der Waals surface area contributed by atoms with Crippen molar-refractivity contribution in [2.75, 3.05) is 25.6 Å². The molecule has 3 aromatic rings. The first-order valence-corrected chi connectivity index (χ1v) is 8.51. The molecule has 150 valence electrons. The normalized spacial score (nSPS) is 10.9. The Kier molecular flexibility index (Phi) is 7.45. The van der Waals surface area contributed by atoms with Crippen LogP contribution in [-0.2, 0) is 17.4 Å². The van der Waals surface area contributed by atoms with Gasteiger partial charge in [0, 0.05) is 30.6 Å². The molecule has 0 bridgehead atoms. The summed E-state index contributed by atoms with van der Waals surface area (Å²) in [6.07, 6.45) is -1.44. The van der Waals surface area contributed by atoms with Crippen molar-refractivity contribution in [3.05, 3.63) is 59.8 Å². The third kappa shape index (κ3) is 5.75. The fourth-order valence-corrected chi connectivity index (χ4v) is 2.54. The predicted molar refractivity (Wildman–Crippen MR) is 102 cm³/mol. The lowest BCUT2D eigenvalue weighted by Crippen LogP contribution is -2.05. The number of H-pyrrole nitrogens is 1. The van der Waals surface area contributed by atoms with Crippen LogP contribution in [0.2, 0.25) is 0 Å². The highest BCUT2D eigenvalue weighted by Crippen LogP contribution is 2.29. The molecular formula is C20H21F3N2O3. The second-order valence-electron chi connectivity index (χ2n) is 5.80. The van der Waals surface area contributed by atoms with Crippen LogP contribution in [0, 0.1) is 0 Å². The van der Waals surface area contributed by atoms with Crippen molar-refractivity contribution in [2.45, 2.75) is 12.6 Å². The van der Waals surface area contributed by atoms with Gasteiger partial charge in [0.25, 0.3) is 0 Å². The zero-order valence-corrected chi connectivity index (χ0v) is 15.2. The van der Waals surface area contributed by atoms with Gasteiger partial charge in [-0.05, 0) is 35.9 Å². The Labute approximate surface area is 160 Å². The summed E-state index contributed by atoms with van der Waals surface area (Å²) in [7, 11) is 1.85. The minimum Gasteiger partial charge on any atom is -0.493 e. The summed E-state index contributed by atoms with van der Waals surface area (Å²) in [5.41, 5.74) is 2.17. The minimum absolute atomic E-state index is 0.361. The van der Waals surface area contributed by atoms with E-state index < -0.39 is 11.7 Å². The summed E-state index contributed by atoms with van der Waals surface area (Å²) in [6, 6.07) is 10.9. The Hall–Kier alpha value is -3.00. The average molecular weight is 394 g/mol. The van der Waals surface area contributed by atoms with Crippen molar-refractivity contribution in [1.82, 2.24) is 4.98 Å². The quantitative estimate of drug-likeness (QED) is 0.552. The number of aliphatic hydroxyl groups excluding tert-OH is 1. The van der Waals surface area contributed by atoms with Crippen molar-refractivity contribution < 1.29 is 27.8 Å². The zero-order chi connectivity index (χ0) is 20.6. The van der Waals surface area contributed by atoms with Gasteiger partial charge in [0.05, 0.1) is 24.5 Å². The van der Waals surface area contributed by atoms with Crippen LogP contribution in [-0.4, -0.2) is 36.6 Å². The fourth-order valence-electron chi connectivity index (χ4n) is 2.54. The first-order valence-electron chi connectivity index (χ1n) is 8.51. The molecule has 0 aliphatic carbocycles. The van der Waals surface area contributed by atoms with Gasteiger partial charge in [-0.25, -0.2) is 0 Å². The Morgan fingerprint density at radius 2 is 1.86 bits per heavy atom. The van der Waals surface area contributed by atoms with Crippen LogP contribution >= 0.6 is 0 Å². The Morgan fingerprint density at radius 1 is 1.18 bits per heavy atom. The average Bonchev–Trinajstić information content (AvgIpc) is 3.10. The molecule has 3 N–H and O–H groups in total. The topological polar surface area (TPSA) is 74.3 Å². The van der Waals surface area contributed by atoms with Crippen LogP contribution in [0.4, 0.5) is 18.9 Å². The lowest BCUT2D eigenvalue weighted by atomic mass is 10.1. The van der Waals surface area contributed by atoms with Crippen molar-refractivity contribution >= 4 is 22.9 Å². The van der Waals surface area contributed by atoms with E-state index in [2.05, 4.69) is 10.3 Å². The van der Waals surface area contributed by atoms with Crippen LogP contribution in [0.25, 0.3) is 10.9 Å². The van der Waals surface area contributed by atoms with Crippen molar-refractivity contribution in [3.63, 3.8) is 0 Å². The molecule has 1 heterocycles. The van der Waals surface area contributed by atoms with Crippen LogP contribution in [0.15, 0.2) is 48.7 Å². The number of aldehydes is 1. The number of aromatic nitrogens is 1. The molecule has 0 saturated heterocycles. The number of anilines is 1. The lowest BCUT2D eigenvalue weighted by molar-refractivity contribution is -0.137. The maximum atomic E-state index is 12.5. The molecule has 2 aromatic carbocycles. The molecule has 28 heavy (non-hydrogen) atoms. The molecule has 8 heteroatoms. The highest BCUT2D eigenvalue weighted by Gasteiger charge is 2.29. The first-order chi connectivity index (χ1) is 13.4. The SMILES string of the molecule is CNc1c[nH]c2ccc(OCCc3ccc(C(F)(F)F)cc3)cc12.O=CCO. The van der Waals surface area contributed by atoms with Gasteiger partial charge in [0.2, 0.25) is 0 Å². The summed E-state index contributed by atoms with van der Waals surface area (Å²) in [5, 5.41) is 11.6. The van der Waals surface area contributed by atoms with E-state index in [-0.39, 0.29) is 6.61 Å². The van der Waals surface area contributed by atoms with E-state index in [1.54, 1.807) is 0 Å². The third-order valence-electron chi connectivity index (χ3n) is 3.94. The standard InChI is InChI=1S/C18H17F3N2O.C2H4O2/c1-22-17-11-23-16-7-6-14(10-15(16)17)24-9-8-12-2-4-13(5-3-12)18(19,20)21;3-1-2-4/h2-7,10-11,22-23H,8-9H2,1H3;1,4H,2H2. The molecule has 0 aliphatic rings. The lowest BCUT2D eigenvalue weighted by Gasteiger charge is -2.09. The van der Waals surface area contributed by atoms with E-state index in [0.29, 0.717) is 19.3 Å². The molecule has 0 amide bonds. The minimum atomic E-state index is -4.30. The molecule has 0 spiro atoms. The molecule has 1 aromatic heterocycles. The number of hydrogen-bond donors (Lipinski definition) is 3. The molecule has 0 unspecified atom stereocenters. The van der Waals surface area contributed by atoms with Gasteiger partial charge in [-0.1, -0.05) is 12.1 Å². The highest BCUT2D eigenvalue weighted by atomic mass is 19.4. The van der Waals surface area contributed by atoms with E-state index in [1.807, 2.05) is 31.4 Å². The van der Waals surface area contributed by atoms with Crippen molar-refractivity contribution in [1.29, 1.82) is 0 Å². The second kappa shape index (κ2) is 9.80. The zero-order valence-electron chi connectivity index (χ0n) is 15.2. The molecule has 3 rings (SSSR count). The number of ether oxygens (including phenoxy) is 1.